The molecule has 3 heterocycles. The molecule has 2 aromatic heterocycles. The van der Waals surface area contributed by atoms with Gasteiger partial charge in [-0.1, -0.05) is 54.5 Å². The van der Waals surface area contributed by atoms with E-state index in [-0.39, 0.29) is 28.2 Å². The van der Waals surface area contributed by atoms with Crippen molar-refractivity contribution in [3.8, 4) is 0 Å². The van der Waals surface area contributed by atoms with Gasteiger partial charge in [0.25, 0.3) is 18.1 Å². The maximum Gasteiger partial charge on any atom is 0.280 e. The van der Waals surface area contributed by atoms with Gasteiger partial charge in [-0.05, 0) is 58.9 Å². The molecule has 6 nitrogen and oxygen atoms in total. The Morgan fingerprint density at radius 1 is 1.00 bits per heavy atom. The fourth-order valence-corrected chi connectivity index (χ4v) is 3.86. The maximum atomic E-state index is 13.0. The van der Waals surface area contributed by atoms with Crippen LogP contribution in [0.5, 0.6) is 0 Å². The molecule has 1 aliphatic rings. The highest BCUT2D eigenvalue weighted by Gasteiger charge is 2.26. The van der Waals surface area contributed by atoms with Gasteiger partial charge < -0.3 is 4.90 Å². The van der Waals surface area contributed by atoms with Crippen LogP contribution in [0.4, 0.5) is 8.78 Å². The summed E-state index contributed by atoms with van der Waals surface area (Å²) in [5.74, 6) is 1.13. The van der Waals surface area contributed by atoms with Gasteiger partial charge in [0.15, 0.2) is 0 Å². The summed E-state index contributed by atoms with van der Waals surface area (Å²) in [6, 6.07) is 7.70. The van der Waals surface area contributed by atoms with Crippen molar-refractivity contribution in [1.29, 1.82) is 0 Å². The molecule has 0 aliphatic carbocycles. The molecule has 0 saturated carbocycles. The van der Waals surface area contributed by atoms with E-state index >= 15 is 0 Å². The first-order chi connectivity index (χ1) is 16.3. The number of hydrogen-bond donors (Lipinski definition) is 0. The first kappa shape index (κ1) is 26.7. The molecule has 0 bridgehead atoms. The van der Waals surface area contributed by atoms with Crippen molar-refractivity contribution in [1.82, 2.24) is 24.5 Å². The van der Waals surface area contributed by atoms with Crippen molar-refractivity contribution in [3.63, 3.8) is 0 Å². The summed E-state index contributed by atoms with van der Waals surface area (Å²) in [5, 5.41) is 3.72. The normalized spacial score (nSPS) is 15.3. The van der Waals surface area contributed by atoms with Gasteiger partial charge in [-0.2, -0.15) is 10.1 Å². The average Bonchev–Trinajstić information content (AvgIpc) is 3.26. The molecule has 0 unspecified atom stereocenters. The Hall–Kier alpha value is -2.90. The topological polar surface area (TPSA) is 63.4 Å². The van der Waals surface area contributed by atoms with Crippen LogP contribution in [-0.2, 0) is 10.8 Å². The van der Waals surface area contributed by atoms with E-state index in [0.717, 1.165) is 37.4 Å². The summed E-state index contributed by atoms with van der Waals surface area (Å²) >= 11 is 0. The highest BCUT2D eigenvalue weighted by atomic mass is 19.3. The fourth-order valence-electron chi connectivity index (χ4n) is 3.86. The number of nitrogens with zero attached hydrogens (tertiary/aromatic N) is 5. The Kier molecular flexibility index (Phi) is 7.92. The largest absolute Gasteiger partial charge is 0.339 e. The van der Waals surface area contributed by atoms with Crippen molar-refractivity contribution in [2.75, 3.05) is 13.1 Å². The first-order valence-electron chi connectivity index (χ1n) is 12.2. The summed E-state index contributed by atoms with van der Waals surface area (Å²) in [4.78, 5) is 22.3. The molecule has 35 heavy (non-hydrogen) atoms. The smallest absolute Gasteiger partial charge is 0.280 e. The van der Waals surface area contributed by atoms with Crippen LogP contribution in [0.25, 0.3) is 5.78 Å². The zero-order chi connectivity index (χ0) is 26.0. The molecule has 0 radical (unpaired) electrons. The van der Waals surface area contributed by atoms with Crippen molar-refractivity contribution in [3.05, 3.63) is 59.2 Å². The van der Waals surface area contributed by atoms with Gasteiger partial charge in [0, 0.05) is 24.8 Å². The number of rotatable bonds is 2. The Morgan fingerprint density at radius 3 is 2.09 bits per heavy atom. The van der Waals surface area contributed by atoms with E-state index in [2.05, 4.69) is 81.7 Å². The molecule has 1 aliphatic heterocycles. The number of carbonyl (C=O) groups excluding carboxylic acids is 1. The van der Waals surface area contributed by atoms with Crippen molar-refractivity contribution >= 4 is 11.7 Å². The highest BCUT2D eigenvalue weighted by Crippen LogP contribution is 2.31. The van der Waals surface area contributed by atoms with Crippen molar-refractivity contribution < 1.29 is 13.6 Å². The summed E-state index contributed by atoms with van der Waals surface area (Å²) in [7, 11) is 0. The number of benzene rings is 1. The molecule has 0 spiro atoms. The quantitative estimate of drug-likeness (QED) is 0.433. The summed E-state index contributed by atoms with van der Waals surface area (Å²) in [6.45, 7) is 17.3. The van der Waals surface area contributed by atoms with Crippen LogP contribution in [0.15, 0.2) is 36.8 Å². The van der Waals surface area contributed by atoms with E-state index in [0.29, 0.717) is 0 Å². The zero-order valence-electron chi connectivity index (χ0n) is 21.8. The molecule has 1 aromatic carbocycles. The molecular weight excluding hydrogens is 448 g/mol. The van der Waals surface area contributed by atoms with Gasteiger partial charge in [-0.15, -0.1) is 0 Å². The van der Waals surface area contributed by atoms with Gasteiger partial charge in [0.1, 0.15) is 12.0 Å². The standard InChI is InChI=1S/C21H33NO.C6H4F2N4/c1-15-8-10-22(11-9-15)19(23)16-12-17(20(2,3)4)14-18(13-16)21(5,6)7;7-5(8)4-1-2-12-6(11-4)9-3-10-12/h12-15H,8-11H2,1-7H3;1-3,5H. The molecule has 0 atom stereocenters. The zero-order valence-corrected chi connectivity index (χ0v) is 21.8. The minimum absolute atomic E-state index is 0.0483. The molecule has 190 valence electrons. The van der Waals surface area contributed by atoms with Crippen LogP contribution in [0.3, 0.4) is 0 Å². The SMILES string of the molecule is CC1CCN(C(=O)c2cc(C(C)(C)C)cc(C(C)(C)C)c2)CC1.FC(F)c1ccn2ncnc2n1. The lowest BCUT2D eigenvalue weighted by Gasteiger charge is -2.31. The summed E-state index contributed by atoms with van der Waals surface area (Å²) in [6.07, 6.45) is 2.34. The second-order valence-corrected chi connectivity index (χ2v) is 11.4. The Bertz CT molecular complexity index is 1120. The number of alkyl halides is 2. The van der Waals surface area contributed by atoms with Crippen LogP contribution >= 0.6 is 0 Å². The number of aromatic nitrogens is 4. The summed E-state index contributed by atoms with van der Waals surface area (Å²) < 4.78 is 25.5. The number of fused-ring (bicyclic) bond motifs is 1. The minimum atomic E-state index is -2.56. The number of amides is 1. The molecule has 0 N–H and O–H groups in total. The van der Waals surface area contributed by atoms with E-state index in [1.54, 1.807) is 0 Å². The number of halogens is 2. The predicted octanol–water partition coefficient (Wildman–Crippen LogP) is 6.22. The Labute approximate surface area is 206 Å². The third-order valence-corrected chi connectivity index (χ3v) is 6.38. The Balaban J connectivity index is 0.000000237. The maximum absolute atomic E-state index is 13.0. The van der Waals surface area contributed by atoms with E-state index in [4.69, 9.17) is 0 Å². The first-order valence-corrected chi connectivity index (χ1v) is 12.2. The molecule has 8 heteroatoms. The van der Waals surface area contributed by atoms with Gasteiger partial charge >= 0.3 is 0 Å². The van der Waals surface area contributed by atoms with Gasteiger partial charge in [0.2, 0.25) is 0 Å². The number of piperidine rings is 1. The second kappa shape index (κ2) is 10.4. The lowest BCUT2D eigenvalue weighted by molar-refractivity contribution is 0.0697. The van der Waals surface area contributed by atoms with E-state index < -0.39 is 6.43 Å². The van der Waals surface area contributed by atoms with Crippen LogP contribution in [-0.4, -0.2) is 43.5 Å². The third kappa shape index (κ3) is 6.83. The second-order valence-electron chi connectivity index (χ2n) is 11.4. The highest BCUT2D eigenvalue weighted by molar-refractivity contribution is 5.94. The van der Waals surface area contributed by atoms with Crippen molar-refractivity contribution in [2.24, 2.45) is 5.92 Å². The Morgan fingerprint density at radius 2 is 1.57 bits per heavy atom. The monoisotopic (exact) mass is 485 g/mol. The van der Waals surface area contributed by atoms with Gasteiger partial charge in [-0.3, -0.25) is 4.79 Å². The van der Waals surface area contributed by atoms with E-state index in [1.165, 1.54) is 34.2 Å². The molecule has 3 aromatic rings. The predicted molar refractivity (Wildman–Crippen MR) is 134 cm³/mol. The van der Waals surface area contributed by atoms with Crippen LogP contribution < -0.4 is 0 Å². The van der Waals surface area contributed by atoms with Gasteiger partial charge in [0.05, 0.1) is 0 Å². The van der Waals surface area contributed by atoms with Crippen LogP contribution in [0, 0.1) is 5.92 Å². The lowest BCUT2D eigenvalue weighted by atomic mass is 9.79. The van der Waals surface area contributed by atoms with E-state index in [9.17, 15) is 13.6 Å². The lowest BCUT2D eigenvalue weighted by Crippen LogP contribution is -2.38. The molecule has 1 saturated heterocycles. The van der Waals surface area contributed by atoms with Crippen LogP contribution in [0.1, 0.15) is 94.9 Å². The minimum Gasteiger partial charge on any atom is -0.339 e. The number of carbonyl (C=O) groups is 1. The van der Waals surface area contributed by atoms with Crippen molar-refractivity contribution in [2.45, 2.75) is 78.6 Å². The third-order valence-electron chi connectivity index (χ3n) is 6.38. The average molecular weight is 486 g/mol. The fraction of sp³-hybridized carbons (Fsp3) is 0.556. The van der Waals surface area contributed by atoms with Crippen LogP contribution in [0.2, 0.25) is 0 Å². The molecular formula is C27H37F2N5O. The number of hydrogen-bond acceptors (Lipinski definition) is 4. The van der Waals surface area contributed by atoms with E-state index in [1.807, 2.05) is 4.90 Å². The van der Waals surface area contributed by atoms with Gasteiger partial charge in [-0.25, -0.2) is 18.3 Å². The number of likely N-dealkylation sites (tertiary alicyclic amines) is 1. The molecule has 4 rings (SSSR count). The molecule has 1 fully saturated rings. The summed E-state index contributed by atoms with van der Waals surface area (Å²) in [5.41, 5.74) is 3.17. The molecule has 1 amide bonds.